The topological polar surface area (TPSA) is 156 Å². The molecule has 3 aliphatic heterocycles. The molecule has 8 aliphatic rings. The molecule has 2 unspecified atom stereocenters. The van der Waals surface area contributed by atoms with Crippen LogP contribution in [-0.2, 0) is 75.8 Å². The zero-order valence-electron chi connectivity index (χ0n) is 46.1. The normalized spacial score (nSPS) is 49.6. The summed E-state index contributed by atoms with van der Waals surface area (Å²) in [7, 11) is 14.8. The molecular weight excluding hydrogens is 917 g/mol. The first kappa shape index (κ1) is 55.9. The van der Waals surface area contributed by atoms with E-state index >= 15 is 0 Å². The van der Waals surface area contributed by atoms with E-state index in [4.69, 9.17) is 71.1 Å². The van der Waals surface area contributed by atoms with Gasteiger partial charge in [0.05, 0.1) is 44.6 Å². The van der Waals surface area contributed by atoms with Gasteiger partial charge in [-0.15, -0.1) is 0 Å². The SMILES string of the molecule is COC[C@@]1(C)C2CC[C@]3(C)[C@H](CC=C4C5CC(C)(C)CC[C@]5(C(=O)OC)CC[C@]43C)[C@@]2(C)CC[C@@H]1O[C@@H]1OC[C@@H](OC)[C@H](OC)[C@H]1O[C@@H]1O[C@@H](C)[C@H](OC)[C@@H](O[C@@H]2OC[C@@H](OC)[C@H](OC)[C@H]2OC)[C@H]1OC. The second-order valence-electron chi connectivity index (χ2n) is 24.3. The predicted octanol–water partition coefficient (Wildman–Crippen LogP) is 7.31. The molecule has 0 aromatic carbocycles. The third kappa shape index (κ3) is 9.24. The highest BCUT2D eigenvalue weighted by atomic mass is 16.8. The lowest BCUT2D eigenvalue weighted by Gasteiger charge is -2.71. The van der Waals surface area contributed by atoms with Crippen LogP contribution >= 0.6 is 0 Å². The number of carbonyl (C=O) groups is 1. The summed E-state index contributed by atoms with van der Waals surface area (Å²) in [6.07, 6.45) is 3.61. The Bertz CT molecular complexity index is 1850. The molecule has 0 amide bonds. The Kier molecular flexibility index (Phi) is 17.0. The van der Waals surface area contributed by atoms with Gasteiger partial charge in [0, 0.05) is 62.3 Å². The summed E-state index contributed by atoms with van der Waals surface area (Å²) < 4.78 is 94.6. The van der Waals surface area contributed by atoms with Crippen molar-refractivity contribution in [2.24, 2.45) is 50.2 Å². The van der Waals surface area contributed by atoms with Gasteiger partial charge in [-0.2, -0.15) is 0 Å². The van der Waals surface area contributed by atoms with Gasteiger partial charge in [-0.25, -0.2) is 0 Å². The Balaban J connectivity index is 1.06. The minimum atomic E-state index is -0.979. The molecule has 0 spiro atoms. The van der Waals surface area contributed by atoms with Gasteiger partial charge in [-0.1, -0.05) is 53.2 Å². The molecule has 22 atom stereocenters. The second kappa shape index (κ2) is 21.6. The fourth-order valence-corrected chi connectivity index (χ4v) is 16.7. The Morgan fingerprint density at radius 2 is 1.18 bits per heavy atom. The number of hydrogen-bond donors (Lipinski definition) is 0. The molecular formula is C55H92O16. The molecule has 3 heterocycles. The van der Waals surface area contributed by atoms with Crippen molar-refractivity contribution in [3.63, 3.8) is 0 Å². The number of rotatable bonds is 16. The van der Waals surface area contributed by atoms with E-state index in [2.05, 4.69) is 47.6 Å². The maximum Gasteiger partial charge on any atom is 0.312 e. The van der Waals surface area contributed by atoms with Crippen molar-refractivity contribution < 1.29 is 75.8 Å². The molecule has 0 N–H and O–H groups in total. The van der Waals surface area contributed by atoms with Crippen molar-refractivity contribution in [3.05, 3.63) is 11.6 Å². The van der Waals surface area contributed by atoms with E-state index in [1.54, 1.807) is 56.9 Å². The number of hydrogen-bond acceptors (Lipinski definition) is 16. The van der Waals surface area contributed by atoms with Crippen LogP contribution in [0.25, 0.3) is 0 Å². The van der Waals surface area contributed by atoms with Crippen LogP contribution in [0.3, 0.4) is 0 Å². The van der Waals surface area contributed by atoms with E-state index in [9.17, 15) is 4.79 Å². The van der Waals surface area contributed by atoms with E-state index < -0.39 is 79.2 Å². The van der Waals surface area contributed by atoms with Gasteiger partial charge in [0.15, 0.2) is 18.9 Å². The summed E-state index contributed by atoms with van der Waals surface area (Å²) in [6.45, 7) is 17.8. The summed E-state index contributed by atoms with van der Waals surface area (Å²) in [6, 6.07) is 0. The van der Waals surface area contributed by atoms with Crippen LogP contribution in [0.4, 0.5) is 0 Å². The minimum absolute atomic E-state index is 0.00425. The number of allylic oxidation sites excluding steroid dienone is 2. The molecule has 3 saturated heterocycles. The van der Waals surface area contributed by atoms with Gasteiger partial charge in [-0.3, -0.25) is 4.79 Å². The van der Waals surface area contributed by atoms with Crippen molar-refractivity contribution in [1.82, 2.24) is 0 Å². The highest BCUT2D eigenvalue weighted by molar-refractivity contribution is 5.78. The standard InChI is InChI=1S/C55H92O16/c1-31-39(60-11)42(70-46-43(63-14)40(61-12)34(58-9)28-66-46)44(64-15)48(68-31)71-45-41(62-13)35(59-10)29-67-47(45)69-38-20-21-51(4)36(52(38,5)30-57-8)19-22-54(7)37(51)18-17-32-33-27-50(2,3)23-25-55(33,49(56)65-16)26-24-53(32,54)6/h17,31,33-48H,18-30H2,1-16H3/t31-,33?,34+,35+,36?,37+,38-,39-,40-,41-,42+,43+,44+,45+,46-,47-,48-,51-,52-,53+,54+,55-/m0/s1. The Morgan fingerprint density at radius 3 is 1.77 bits per heavy atom. The monoisotopic (exact) mass is 1010 g/mol. The van der Waals surface area contributed by atoms with Crippen LogP contribution in [0.5, 0.6) is 0 Å². The number of carbonyl (C=O) groups excluding carboxylic acids is 1. The molecule has 0 radical (unpaired) electrons. The number of esters is 1. The molecule has 7 fully saturated rings. The number of ether oxygens (including phenoxy) is 15. The zero-order valence-corrected chi connectivity index (χ0v) is 46.1. The van der Waals surface area contributed by atoms with Crippen LogP contribution in [0.15, 0.2) is 11.6 Å². The Morgan fingerprint density at radius 1 is 0.606 bits per heavy atom. The third-order valence-corrected chi connectivity index (χ3v) is 20.8. The first-order chi connectivity index (χ1) is 33.8. The first-order valence-corrected chi connectivity index (χ1v) is 26.6. The van der Waals surface area contributed by atoms with Crippen LogP contribution in [0, 0.1) is 50.2 Å². The van der Waals surface area contributed by atoms with Gasteiger partial charge in [0.2, 0.25) is 0 Å². The quantitative estimate of drug-likeness (QED) is 0.0862. The molecule has 16 heteroatoms. The Labute approximate surface area is 425 Å². The summed E-state index contributed by atoms with van der Waals surface area (Å²) in [5.41, 5.74) is 0.901. The van der Waals surface area contributed by atoms with Gasteiger partial charge >= 0.3 is 5.97 Å². The second-order valence-corrected chi connectivity index (χ2v) is 24.3. The smallest absolute Gasteiger partial charge is 0.312 e. The van der Waals surface area contributed by atoms with Gasteiger partial charge in [-0.05, 0) is 111 Å². The van der Waals surface area contributed by atoms with Crippen LogP contribution in [0.2, 0.25) is 0 Å². The van der Waals surface area contributed by atoms with E-state index in [0.717, 1.165) is 64.2 Å². The van der Waals surface area contributed by atoms with E-state index in [1.165, 1.54) is 5.57 Å². The van der Waals surface area contributed by atoms with Crippen molar-refractivity contribution in [3.8, 4) is 0 Å². The van der Waals surface area contributed by atoms with Gasteiger partial charge < -0.3 is 71.1 Å². The number of fused-ring (bicyclic) bond motifs is 7. The minimum Gasteiger partial charge on any atom is -0.469 e. The lowest BCUT2D eigenvalue weighted by Crippen LogP contribution is -2.67. The van der Waals surface area contributed by atoms with Crippen LogP contribution < -0.4 is 0 Å². The summed E-state index contributed by atoms with van der Waals surface area (Å²) in [5.74, 6) is 0.924. The summed E-state index contributed by atoms with van der Waals surface area (Å²) in [5, 5.41) is 0. The van der Waals surface area contributed by atoms with Gasteiger partial charge in [0.25, 0.3) is 0 Å². The van der Waals surface area contributed by atoms with E-state index in [1.807, 2.05) is 14.0 Å². The molecule has 71 heavy (non-hydrogen) atoms. The highest BCUT2D eigenvalue weighted by Crippen LogP contribution is 2.76. The Hall–Kier alpha value is -1.35. The average molecular weight is 1010 g/mol. The zero-order chi connectivity index (χ0) is 51.5. The predicted molar refractivity (Wildman–Crippen MR) is 261 cm³/mol. The maximum absolute atomic E-state index is 13.9. The molecule has 16 nitrogen and oxygen atoms in total. The van der Waals surface area contributed by atoms with E-state index in [-0.39, 0.29) is 64.4 Å². The van der Waals surface area contributed by atoms with E-state index in [0.29, 0.717) is 18.4 Å². The molecule has 4 saturated carbocycles. The van der Waals surface area contributed by atoms with Crippen molar-refractivity contribution in [2.45, 2.75) is 199 Å². The number of methoxy groups -OCH3 is 9. The maximum atomic E-state index is 13.9. The lowest BCUT2D eigenvalue weighted by atomic mass is 9.33. The first-order valence-electron chi connectivity index (χ1n) is 26.6. The van der Waals surface area contributed by atoms with Crippen molar-refractivity contribution >= 4 is 5.97 Å². The van der Waals surface area contributed by atoms with Gasteiger partial charge in [0.1, 0.15) is 54.9 Å². The lowest BCUT2D eigenvalue weighted by molar-refractivity contribution is -0.384. The van der Waals surface area contributed by atoms with Crippen molar-refractivity contribution in [1.29, 1.82) is 0 Å². The molecule has 0 aromatic heterocycles. The molecule has 0 bridgehead atoms. The molecule has 8 rings (SSSR count). The summed E-state index contributed by atoms with van der Waals surface area (Å²) in [4.78, 5) is 13.9. The van der Waals surface area contributed by atoms with Crippen LogP contribution in [0.1, 0.15) is 113 Å². The fraction of sp³-hybridized carbons (Fsp3) is 0.945. The average Bonchev–Trinajstić information content (AvgIpc) is 3.34. The van der Waals surface area contributed by atoms with Crippen molar-refractivity contribution in [2.75, 3.05) is 83.8 Å². The fourth-order valence-electron chi connectivity index (χ4n) is 16.7. The summed E-state index contributed by atoms with van der Waals surface area (Å²) >= 11 is 0. The molecule has 408 valence electrons. The highest BCUT2D eigenvalue weighted by Gasteiger charge is 2.70. The largest absolute Gasteiger partial charge is 0.469 e. The molecule has 0 aromatic rings. The third-order valence-electron chi connectivity index (χ3n) is 20.8. The van der Waals surface area contributed by atoms with Crippen LogP contribution in [-0.4, -0.2) is 176 Å². The molecule has 5 aliphatic carbocycles.